The molecule has 2 rings (SSSR count). The van der Waals surface area contributed by atoms with Crippen LogP contribution in [0.3, 0.4) is 0 Å². The summed E-state index contributed by atoms with van der Waals surface area (Å²) in [6.07, 6.45) is 0.861. The Balaban J connectivity index is 2.63. The monoisotopic (exact) mass is 329 g/mol. The Labute approximate surface area is 122 Å². The van der Waals surface area contributed by atoms with Gasteiger partial charge in [0.25, 0.3) is 0 Å². The van der Waals surface area contributed by atoms with E-state index in [0.29, 0.717) is 13.2 Å². The lowest BCUT2D eigenvalue weighted by Crippen LogP contribution is -2.18. The van der Waals surface area contributed by atoms with Gasteiger partial charge in [-0.1, -0.05) is 13.8 Å². The minimum Gasteiger partial charge on any atom is -0.489 e. The number of fused-ring (bicyclic) bond motifs is 1. The van der Waals surface area contributed by atoms with Crippen LogP contribution in [0.4, 0.5) is 0 Å². The molecule has 19 heavy (non-hydrogen) atoms. The van der Waals surface area contributed by atoms with Crippen LogP contribution in [0.15, 0.2) is 10.5 Å². The summed E-state index contributed by atoms with van der Waals surface area (Å²) in [6, 6.07) is 1.52. The van der Waals surface area contributed by atoms with E-state index in [-0.39, 0.29) is 12.5 Å². The zero-order valence-corrected chi connectivity index (χ0v) is 12.9. The summed E-state index contributed by atoms with van der Waals surface area (Å²) >= 11 is 3.51. The first-order chi connectivity index (χ1) is 9.06. The molecule has 0 saturated heterocycles. The Morgan fingerprint density at radius 3 is 2.53 bits per heavy atom. The Bertz CT molecular complexity index is 462. The maximum atomic E-state index is 9.33. The molecule has 1 aliphatic rings. The van der Waals surface area contributed by atoms with Gasteiger partial charge in [0, 0.05) is 12.0 Å². The molecule has 1 aromatic carbocycles. The van der Waals surface area contributed by atoms with E-state index in [0.717, 1.165) is 33.5 Å². The maximum Gasteiger partial charge on any atom is 0.175 e. The Kier molecular flexibility index (Phi) is 4.71. The Morgan fingerprint density at radius 1 is 1.32 bits per heavy atom. The van der Waals surface area contributed by atoms with Crippen molar-refractivity contribution in [1.29, 1.82) is 0 Å². The second-order valence-corrected chi connectivity index (χ2v) is 5.87. The van der Waals surface area contributed by atoms with Gasteiger partial charge in [0.15, 0.2) is 11.5 Å². The molecule has 1 unspecified atom stereocenters. The molecule has 106 valence electrons. The molecule has 0 spiro atoms. The number of ether oxygens (including phenoxy) is 2. The van der Waals surface area contributed by atoms with Crippen molar-refractivity contribution in [2.75, 3.05) is 19.8 Å². The molecule has 1 atom stereocenters. The quantitative estimate of drug-likeness (QED) is 0.894. The zero-order valence-electron chi connectivity index (χ0n) is 11.3. The second kappa shape index (κ2) is 6.11. The summed E-state index contributed by atoms with van der Waals surface area (Å²) in [4.78, 5) is 0. The highest BCUT2D eigenvalue weighted by Gasteiger charge is 2.25. The molecular formula is C14H20BrNO3. The van der Waals surface area contributed by atoms with Gasteiger partial charge in [0.05, 0.1) is 30.3 Å². The highest BCUT2D eigenvalue weighted by atomic mass is 79.9. The molecule has 3 N–H and O–H groups in total. The van der Waals surface area contributed by atoms with Crippen molar-refractivity contribution in [3.8, 4) is 11.5 Å². The van der Waals surface area contributed by atoms with Crippen molar-refractivity contribution in [2.45, 2.75) is 32.2 Å². The van der Waals surface area contributed by atoms with Crippen molar-refractivity contribution >= 4 is 15.9 Å². The van der Waals surface area contributed by atoms with Gasteiger partial charge in [-0.25, -0.2) is 0 Å². The van der Waals surface area contributed by atoms with Crippen LogP contribution < -0.4 is 15.2 Å². The predicted molar refractivity (Wildman–Crippen MR) is 77.9 cm³/mol. The SMILES string of the molecule is CC(C)c1c(C(N)CO)cc(Br)c2c1OCCCO2. The second-order valence-electron chi connectivity index (χ2n) is 5.01. The smallest absolute Gasteiger partial charge is 0.175 e. The molecule has 0 bridgehead atoms. The van der Waals surface area contributed by atoms with Gasteiger partial charge in [-0.05, 0) is 33.5 Å². The van der Waals surface area contributed by atoms with Crippen molar-refractivity contribution < 1.29 is 14.6 Å². The van der Waals surface area contributed by atoms with E-state index < -0.39 is 6.04 Å². The Hall–Kier alpha value is -0.780. The summed E-state index contributed by atoms with van der Waals surface area (Å²) < 4.78 is 12.5. The van der Waals surface area contributed by atoms with E-state index >= 15 is 0 Å². The summed E-state index contributed by atoms with van der Waals surface area (Å²) in [7, 11) is 0. The van der Waals surface area contributed by atoms with E-state index in [1.165, 1.54) is 0 Å². The van der Waals surface area contributed by atoms with Crippen molar-refractivity contribution in [3.05, 3.63) is 21.7 Å². The third kappa shape index (κ3) is 2.88. The first kappa shape index (κ1) is 14.6. The molecular weight excluding hydrogens is 310 g/mol. The highest BCUT2D eigenvalue weighted by Crippen LogP contribution is 2.45. The number of nitrogens with two attached hydrogens (primary N) is 1. The molecule has 0 amide bonds. The largest absolute Gasteiger partial charge is 0.489 e. The van der Waals surface area contributed by atoms with E-state index in [4.69, 9.17) is 15.2 Å². The van der Waals surface area contributed by atoms with Crippen LogP contribution in [0.2, 0.25) is 0 Å². The first-order valence-corrected chi connectivity index (χ1v) is 7.33. The van der Waals surface area contributed by atoms with Crippen LogP contribution in [0, 0.1) is 0 Å². The molecule has 0 fully saturated rings. The number of hydrogen-bond donors (Lipinski definition) is 2. The third-order valence-corrected chi connectivity index (χ3v) is 3.81. The number of aliphatic hydroxyl groups excluding tert-OH is 1. The van der Waals surface area contributed by atoms with Gasteiger partial charge >= 0.3 is 0 Å². The van der Waals surface area contributed by atoms with Gasteiger partial charge < -0.3 is 20.3 Å². The first-order valence-electron chi connectivity index (χ1n) is 6.54. The molecule has 1 aromatic rings. The minimum atomic E-state index is -0.411. The van der Waals surface area contributed by atoms with Gasteiger partial charge in [-0.3, -0.25) is 0 Å². The van der Waals surface area contributed by atoms with Crippen LogP contribution in [-0.4, -0.2) is 24.9 Å². The molecule has 0 aromatic heterocycles. The van der Waals surface area contributed by atoms with E-state index in [1.54, 1.807) is 0 Å². The lowest BCUT2D eigenvalue weighted by atomic mass is 9.92. The van der Waals surface area contributed by atoms with Crippen LogP contribution in [0.1, 0.15) is 43.4 Å². The number of benzene rings is 1. The fourth-order valence-electron chi connectivity index (χ4n) is 2.33. The maximum absolute atomic E-state index is 9.33. The standard InChI is InChI=1S/C14H20BrNO3/c1-8(2)12-9(11(16)7-17)6-10(15)13-14(12)19-5-3-4-18-13/h6,8,11,17H,3-5,7,16H2,1-2H3. The average Bonchev–Trinajstić information content (AvgIpc) is 2.63. The number of halogens is 1. The van der Waals surface area contributed by atoms with Gasteiger partial charge in [0.2, 0.25) is 0 Å². The third-order valence-electron chi connectivity index (χ3n) is 3.22. The van der Waals surface area contributed by atoms with Crippen LogP contribution in [0.25, 0.3) is 0 Å². The molecule has 4 nitrogen and oxygen atoms in total. The van der Waals surface area contributed by atoms with Crippen molar-refractivity contribution in [1.82, 2.24) is 0 Å². The van der Waals surface area contributed by atoms with E-state index in [1.807, 2.05) is 6.07 Å². The van der Waals surface area contributed by atoms with Crippen LogP contribution in [0.5, 0.6) is 11.5 Å². The molecule has 1 aliphatic heterocycles. The average molecular weight is 330 g/mol. The number of rotatable bonds is 3. The van der Waals surface area contributed by atoms with Crippen molar-refractivity contribution in [3.63, 3.8) is 0 Å². The Morgan fingerprint density at radius 2 is 1.95 bits per heavy atom. The summed E-state index contributed by atoms with van der Waals surface area (Å²) in [6.45, 7) is 5.37. The van der Waals surface area contributed by atoms with Gasteiger partial charge in [-0.15, -0.1) is 0 Å². The normalized spacial score (nSPS) is 16.3. The van der Waals surface area contributed by atoms with E-state index in [9.17, 15) is 5.11 Å². The predicted octanol–water partition coefficient (Wildman–Crippen LogP) is 2.73. The summed E-state index contributed by atoms with van der Waals surface area (Å²) in [5, 5.41) is 9.33. The molecule has 0 radical (unpaired) electrons. The van der Waals surface area contributed by atoms with Gasteiger partial charge in [-0.2, -0.15) is 0 Å². The molecule has 1 heterocycles. The summed E-state index contributed by atoms with van der Waals surface area (Å²) in [5.74, 6) is 1.76. The van der Waals surface area contributed by atoms with E-state index in [2.05, 4.69) is 29.8 Å². The number of aliphatic hydroxyl groups is 1. The zero-order chi connectivity index (χ0) is 14.0. The molecule has 5 heteroatoms. The lowest BCUT2D eigenvalue weighted by Gasteiger charge is -2.23. The topological polar surface area (TPSA) is 64.7 Å². The minimum absolute atomic E-state index is 0.0915. The van der Waals surface area contributed by atoms with Crippen LogP contribution >= 0.6 is 15.9 Å². The van der Waals surface area contributed by atoms with Crippen LogP contribution in [-0.2, 0) is 0 Å². The van der Waals surface area contributed by atoms with Gasteiger partial charge in [0.1, 0.15) is 0 Å². The fraction of sp³-hybridized carbons (Fsp3) is 0.571. The fourth-order valence-corrected chi connectivity index (χ4v) is 2.87. The lowest BCUT2D eigenvalue weighted by molar-refractivity contribution is 0.266. The highest BCUT2D eigenvalue weighted by molar-refractivity contribution is 9.10. The summed E-state index contributed by atoms with van der Waals surface area (Å²) in [5.41, 5.74) is 7.95. The number of hydrogen-bond acceptors (Lipinski definition) is 4. The molecule has 0 aliphatic carbocycles. The molecule has 0 saturated carbocycles. The van der Waals surface area contributed by atoms with Crippen molar-refractivity contribution in [2.24, 2.45) is 5.73 Å².